The van der Waals surface area contributed by atoms with Crippen LogP contribution < -0.4 is 0 Å². The number of aldehydes is 1. The number of aryl methyl sites for hydroxylation is 2. The highest BCUT2D eigenvalue weighted by Gasteiger charge is 2.00. The van der Waals surface area contributed by atoms with E-state index in [4.69, 9.17) is 0 Å². The van der Waals surface area contributed by atoms with E-state index >= 15 is 0 Å². The number of rotatable bonds is 7. The van der Waals surface area contributed by atoms with Crippen molar-refractivity contribution >= 4 is 6.29 Å². The normalized spacial score (nSPS) is 11.8. The minimum absolute atomic E-state index is 0. The van der Waals surface area contributed by atoms with Gasteiger partial charge in [-0.05, 0) is 44.6 Å². The van der Waals surface area contributed by atoms with E-state index in [1.54, 1.807) is 5.57 Å². The molecule has 0 aliphatic heterocycles. The van der Waals surface area contributed by atoms with Crippen LogP contribution in [0.25, 0.3) is 0 Å². The van der Waals surface area contributed by atoms with Crippen LogP contribution in [-0.2, 0) is 11.2 Å². The molecule has 0 unspecified atom stereocenters. The molecule has 0 saturated heterocycles. The molecule has 0 N–H and O–H groups in total. The molecule has 1 aromatic carbocycles. The number of hydrogen-bond acceptors (Lipinski definition) is 1. The SMILES string of the molecule is C.CC.CCCCCC=O.Cc1cccc(CCC2=CC=CCC2)c1. The number of unbranched alkanes of at least 4 members (excludes halogenated alkanes) is 3. The summed E-state index contributed by atoms with van der Waals surface area (Å²) in [5.41, 5.74) is 4.43. The van der Waals surface area contributed by atoms with Crippen LogP contribution in [0.5, 0.6) is 0 Å². The quantitative estimate of drug-likeness (QED) is 0.367. The molecule has 0 spiro atoms. The van der Waals surface area contributed by atoms with Crippen molar-refractivity contribution in [1.29, 1.82) is 0 Å². The molecule has 2 rings (SSSR count). The van der Waals surface area contributed by atoms with Gasteiger partial charge in [-0.15, -0.1) is 0 Å². The third kappa shape index (κ3) is 14.4. The summed E-state index contributed by atoms with van der Waals surface area (Å²) in [7, 11) is 0. The number of carbonyl (C=O) groups is 1. The second-order valence-corrected chi connectivity index (χ2v) is 5.94. The lowest BCUT2D eigenvalue weighted by Gasteiger charge is -2.09. The van der Waals surface area contributed by atoms with E-state index in [9.17, 15) is 4.79 Å². The Hall–Kier alpha value is -1.63. The lowest BCUT2D eigenvalue weighted by Crippen LogP contribution is -1.92. The van der Waals surface area contributed by atoms with Gasteiger partial charge in [0.15, 0.2) is 0 Å². The molecule has 0 fully saturated rings. The number of benzene rings is 1. The molecule has 0 atom stereocenters. The first-order valence-corrected chi connectivity index (χ1v) is 9.60. The summed E-state index contributed by atoms with van der Waals surface area (Å²) in [6.45, 7) is 8.29. The maximum Gasteiger partial charge on any atom is 0.119 e. The zero-order chi connectivity index (χ0) is 18.0. The average molecular weight is 345 g/mol. The van der Waals surface area contributed by atoms with Crippen LogP contribution in [0.3, 0.4) is 0 Å². The molecule has 1 aliphatic carbocycles. The highest BCUT2D eigenvalue weighted by molar-refractivity contribution is 5.48. The molecule has 25 heavy (non-hydrogen) atoms. The second-order valence-electron chi connectivity index (χ2n) is 5.94. The van der Waals surface area contributed by atoms with E-state index in [0.717, 1.165) is 19.1 Å². The minimum Gasteiger partial charge on any atom is -0.303 e. The first kappa shape index (κ1) is 25.6. The summed E-state index contributed by atoms with van der Waals surface area (Å²) in [5, 5.41) is 0. The number of hydrogen-bond donors (Lipinski definition) is 0. The van der Waals surface area contributed by atoms with Crippen molar-refractivity contribution in [2.45, 2.75) is 86.5 Å². The van der Waals surface area contributed by atoms with Gasteiger partial charge in [-0.3, -0.25) is 0 Å². The average Bonchev–Trinajstić information content (AvgIpc) is 2.64. The fourth-order valence-corrected chi connectivity index (χ4v) is 2.51. The standard InChI is InChI=1S/C15H18.C6H12O.C2H6.CH4/c1-13-6-5-9-15(12-13)11-10-14-7-3-2-4-8-14;1-2-3-4-5-6-7;1-2;/h2-3,5-7,9,12H,4,8,10-11H2,1H3;6H,2-5H2,1H3;1-2H3;1H4. The molecule has 0 radical (unpaired) electrons. The fourth-order valence-electron chi connectivity index (χ4n) is 2.51. The van der Waals surface area contributed by atoms with Crippen molar-refractivity contribution in [3.63, 3.8) is 0 Å². The van der Waals surface area contributed by atoms with Crippen molar-refractivity contribution in [2.24, 2.45) is 0 Å². The Bertz CT molecular complexity index is 483. The molecular weight excluding hydrogens is 304 g/mol. The van der Waals surface area contributed by atoms with Gasteiger partial charge in [-0.25, -0.2) is 0 Å². The number of carbonyl (C=O) groups excluding carboxylic acids is 1. The summed E-state index contributed by atoms with van der Waals surface area (Å²) in [5.74, 6) is 0. The van der Waals surface area contributed by atoms with Crippen LogP contribution in [0.4, 0.5) is 0 Å². The fraction of sp³-hybridized carbons (Fsp3) is 0.542. The van der Waals surface area contributed by atoms with E-state index in [-0.39, 0.29) is 7.43 Å². The van der Waals surface area contributed by atoms with Gasteiger partial charge >= 0.3 is 0 Å². The molecule has 142 valence electrons. The monoisotopic (exact) mass is 344 g/mol. The predicted molar refractivity (Wildman–Crippen MR) is 114 cm³/mol. The lowest BCUT2D eigenvalue weighted by molar-refractivity contribution is -0.107. The summed E-state index contributed by atoms with van der Waals surface area (Å²) in [6.07, 6.45) is 16.8. The van der Waals surface area contributed by atoms with Gasteiger partial charge in [-0.2, -0.15) is 0 Å². The number of allylic oxidation sites excluding steroid dienone is 4. The van der Waals surface area contributed by atoms with E-state index in [0.29, 0.717) is 0 Å². The summed E-state index contributed by atoms with van der Waals surface area (Å²) in [4.78, 5) is 9.68. The molecule has 1 nitrogen and oxygen atoms in total. The van der Waals surface area contributed by atoms with Crippen molar-refractivity contribution < 1.29 is 4.79 Å². The molecule has 1 heteroatoms. The Kier molecular flexibility index (Phi) is 19.2. The van der Waals surface area contributed by atoms with Crippen LogP contribution in [0, 0.1) is 6.92 Å². The zero-order valence-corrected chi connectivity index (χ0v) is 16.2. The van der Waals surface area contributed by atoms with Crippen molar-refractivity contribution in [2.75, 3.05) is 0 Å². The first-order valence-electron chi connectivity index (χ1n) is 9.60. The van der Waals surface area contributed by atoms with Crippen LogP contribution in [0.15, 0.2) is 48.1 Å². The maximum atomic E-state index is 9.68. The third-order valence-electron chi connectivity index (χ3n) is 3.84. The Morgan fingerprint density at radius 3 is 2.44 bits per heavy atom. The van der Waals surface area contributed by atoms with Gasteiger partial charge < -0.3 is 4.79 Å². The molecule has 0 heterocycles. The predicted octanol–water partition coefficient (Wildman–Crippen LogP) is 7.63. The van der Waals surface area contributed by atoms with Crippen molar-refractivity contribution in [3.8, 4) is 0 Å². The van der Waals surface area contributed by atoms with Crippen molar-refractivity contribution in [1.82, 2.24) is 0 Å². The lowest BCUT2D eigenvalue weighted by atomic mass is 9.97. The molecule has 1 aromatic rings. The molecule has 0 bridgehead atoms. The molecule has 1 aliphatic rings. The Balaban J connectivity index is 0. The topological polar surface area (TPSA) is 17.1 Å². The van der Waals surface area contributed by atoms with E-state index < -0.39 is 0 Å². The second kappa shape index (κ2) is 18.7. The van der Waals surface area contributed by atoms with Gasteiger partial charge in [0.25, 0.3) is 0 Å². The molecular formula is C24H40O. The van der Waals surface area contributed by atoms with E-state index in [1.807, 2.05) is 13.8 Å². The van der Waals surface area contributed by atoms with Gasteiger partial charge in [0.05, 0.1) is 0 Å². The van der Waals surface area contributed by atoms with Gasteiger partial charge in [0.1, 0.15) is 6.29 Å². The molecule has 0 saturated carbocycles. The zero-order valence-electron chi connectivity index (χ0n) is 16.2. The van der Waals surface area contributed by atoms with Crippen LogP contribution in [-0.4, -0.2) is 6.29 Å². The van der Waals surface area contributed by atoms with Gasteiger partial charge in [0, 0.05) is 6.42 Å². The summed E-state index contributed by atoms with van der Waals surface area (Å²) in [6, 6.07) is 8.83. The van der Waals surface area contributed by atoms with E-state index in [1.165, 1.54) is 49.7 Å². The first-order chi connectivity index (χ1) is 11.8. The summed E-state index contributed by atoms with van der Waals surface area (Å²) < 4.78 is 0. The largest absolute Gasteiger partial charge is 0.303 e. The Morgan fingerprint density at radius 1 is 1.12 bits per heavy atom. The van der Waals surface area contributed by atoms with Crippen LogP contribution in [0.1, 0.15) is 84.3 Å². The maximum absolute atomic E-state index is 9.68. The molecule has 0 amide bonds. The third-order valence-corrected chi connectivity index (χ3v) is 3.84. The van der Waals surface area contributed by atoms with Gasteiger partial charge in [0.2, 0.25) is 0 Å². The van der Waals surface area contributed by atoms with E-state index in [2.05, 4.69) is 56.3 Å². The Morgan fingerprint density at radius 2 is 1.88 bits per heavy atom. The minimum atomic E-state index is 0. The van der Waals surface area contributed by atoms with Crippen molar-refractivity contribution in [3.05, 3.63) is 59.2 Å². The summed E-state index contributed by atoms with van der Waals surface area (Å²) >= 11 is 0. The van der Waals surface area contributed by atoms with Crippen LogP contribution in [0.2, 0.25) is 0 Å². The smallest absolute Gasteiger partial charge is 0.119 e. The van der Waals surface area contributed by atoms with Crippen LogP contribution >= 0.6 is 0 Å². The molecule has 0 aromatic heterocycles. The Labute approximate surface area is 157 Å². The highest BCUT2D eigenvalue weighted by atomic mass is 16.1. The highest BCUT2D eigenvalue weighted by Crippen LogP contribution is 2.18. The van der Waals surface area contributed by atoms with Gasteiger partial charge in [-0.1, -0.05) is 94.7 Å².